The van der Waals surface area contributed by atoms with E-state index in [0.29, 0.717) is 19.0 Å². The third-order valence-electron chi connectivity index (χ3n) is 4.31. The van der Waals surface area contributed by atoms with E-state index in [4.69, 9.17) is 11.6 Å². The summed E-state index contributed by atoms with van der Waals surface area (Å²) >= 11 is 5.75. The molecule has 134 valence electrons. The normalized spacial score (nSPS) is 14.2. The highest BCUT2D eigenvalue weighted by atomic mass is 35.5. The number of nitrogens with one attached hydrogen (secondary N) is 1. The monoisotopic (exact) mass is 372 g/mol. The lowest BCUT2D eigenvalue weighted by atomic mass is 10.2. The van der Waals surface area contributed by atoms with Gasteiger partial charge in [-0.05, 0) is 29.8 Å². The summed E-state index contributed by atoms with van der Waals surface area (Å²) in [7, 11) is 0. The zero-order valence-corrected chi connectivity index (χ0v) is 14.8. The lowest BCUT2D eigenvalue weighted by Crippen LogP contribution is -2.33. The average molecular weight is 373 g/mol. The summed E-state index contributed by atoms with van der Waals surface area (Å²) in [5.74, 6) is 0.215. The minimum atomic E-state index is -0.372. The number of rotatable bonds is 5. The van der Waals surface area contributed by atoms with Gasteiger partial charge >= 0.3 is 0 Å². The Bertz CT molecular complexity index is 898. The predicted octanol–water partition coefficient (Wildman–Crippen LogP) is 3.09. The molecule has 1 N–H and O–H groups in total. The van der Waals surface area contributed by atoms with E-state index in [1.807, 2.05) is 10.7 Å². The van der Waals surface area contributed by atoms with Crippen molar-refractivity contribution in [1.82, 2.24) is 24.6 Å². The van der Waals surface area contributed by atoms with Crippen LogP contribution in [0.1, 0.15) is 17.0 Å². The van der Waals surface area contributed by atoms with Crippen LogP contribution in [0.15, 0.2) is 42.7 Å². The summed E-state index contributed by atoms with van der Waals surface area (Å²) in [6.07, 6.45) is 3.40. The molecule has 3 heterocycles. The van der Waals surface area contributed by atoms with Gasteiger partial charge < -0.3 is 5.32 Å². The summed E-state index contributed by atoms with van der Waals surface area (Å²) in [6, 6.07) is 8.85. The molecule has 1 aliphatic rings. The van der Waals surface area contributed by atoms with Gasteiger partial charge in [0.05, 0.1) is 29.5 Å². The van der Waals surface area contributed by atoms with Crippen LogP contribution in [-0.4, -0.2) is 31.2 Å². The molecule has 26 heavy (non-hydrogen) atoms. The van der Waals surface area contributed by atoms with Crippen molar-refractivity contribution < 1.29 is 4.39 Å². The van der Waals surface area contributed by atoms with E-state index in [9.17, 15) is 4.39 Å². The molecule has 1 aliphatic heterocycles. The van der Waals surface area contributed by atoms with Crippen LogP contribution in [0.25, 0.3) is 0 Å². The van der Waals surface area contributed by atoms with Crippen LogP contribution in [0.5, 0.6) is 0 Å². The molecular formula is C18H18ClFN6. The van der Waals surface area contributed by atoms with Gasteiger partial charge in [-0.3, -0.25) is 9.58 Å². The second-order valence-corrected chi connectivity index (χ2v) is 6.64. The standard InChI is InChI=1S/C18H18ClFN6/c19-16-3-2-13(8-17(16)20)11-25-6-7-26-15(12-25)9-14(24-26)10-23-18-21-4-1-5-22-18/h1-5,8-9H,6-7,10-12H2,(H,21,22,23). The molecule has 0 radical (unpaired) electrons. The van der Waals surface area contributed by atoms with Crippen molar-refractivity contribution in [3.8, 4) is 0 Å². The Morgan fingerprint density at radius 1 is 1.15 bits per heavy atom. The zero-order valence-electron chi connectivity index (χ0n) is 14.1. The van der Waals surface area contributed by atoms with E-state index in [1.165, 1.54) is 6.07 Å². The Morgan fingerprint density at radius 2 is 2.00 bits per heavy atom. The first-order valence-corrected chi connectivity index (χ1v) is 8.78. The van der Waals surface area contributed by atoms with E-state index in [1.54, 1.807) is 24.5 Å². The van der Waals surface area contributed by atoms with Crippen LogP contribution in [-0.2, 0) is 26.2 Å². The molecule has 6 nitrogen and oxygen atoms in total. The maximum atomic E-state index is 13.6. The van der Waals surface area contributed by atoms with E-state index in [-0.39, 0.29) is 10.8 Å². The van der Waals surface area contributed by atoms with E-state index < -0.39 is 0 Å². The smallest absolute Gasteiger partial charge is 0.222 e. The number of aromatic nitrogens is 4. The number of hydrogen-bond donors (Lipinski definition) is 1. The van der Waals surface area contributed by atoms with E-state index >= 15 is 0 Å². The fraction of sp³-hybridized carbons (Fsp3) is 0.278. The first kappa shape index (κ1) is 16.9. The molecule has 8 heteroatoms. The largest absolute Gasteiger partial charge is 0.348 e. The predicted molar refractivity (Wildman–Crippen MR) is 97.1 cm³/mol. The molecule has 3 aromatic rings. The van der Waals surface area contributed by atoms with Gasteiger partial charge in [0.25, 0.3) is 0 Å². The molecule has 0 spiro atoms. The Labute approximate surface area is 155 Å². The highest BCUT2D eigenvalue weighted by Gasteiger charge is 2.19. The first-order valence-electron chi connectivity index (χ1n) is 8.40. The van der Waals surface area contributed by atoms with Gasteiger partial charge in [-0.1, -0.05) is 17.7 Å². The maximum Gasteiger partial charge on any atom is 0.222 e. The van der Waals surface area contributed by atoms with Gasteiger partial charge in [-0.15, -0.1) is 0 Å². The fourth-order valence-corrected chi connectivity index (χ4v) is 3.18. The number of halogens is 2. The highest BCUT2D eigenvalue weighted by molar-refractivity contribution is 6.30. The lowest BCUT2D eigenvalue weighted by molar-refractivity contribution is 0.205. The molecule has 0 saturated carbocycles. The van der Waals surface area contributed by atoms with Crippen LogP contribution in [0.4, 0.5) is 10.3 Å². The molecule has 0 atom stereocenters. The van der Waals surface area contributed by atoms with E-state index in [2.05, 4.69) is 31.3 Å². The summed E-state index contributed by atoms with van der Waals surface area (Å²) < 4.78 is 15.6. The molecule has 0 fully saturated rings. The molecule has 0 unspecified atom stereocenters. The van der Waals surface area contributed by atoms with Gasteiger partial charge in [0, 0.05) is 32.0 Å². The summed E-state index contributed by atoms with van der Waals surface area (Å²) in [4.78, 5) is 10.6. The van der Waals surface area contributed by atoms with Gasteiger partial charge in [0.2, 0.25) is 5.95 Å². The molecule has 1 aromatic carbocycles. The van der Waals surface area contributed by atoms with Crippen LogP contribution in [0.3, 0.4) is 0 Å². The second-order valence-electron chi connectivity index (χ2n) is 6.24. The van der Waals surface area contributed by atoms with E-state index in [0.717, 1.165) is 36.6 Å². The van der Waals surface area contributed by atoms with Crippen molar-refractivity contribution >= 4 is 17.5 Å². The van der Waals surface area contributed by atoms with Crippen molar-refractivity contribution in [2.75, 3.05) is 11.9 Å². The molecular weight excluding hydrogens is 355 g/mol. The summed E-state index contributed by atoms with van der Waals surface area (Å²) in [6.45, 7) is 3.72. The van der Waals surface area contributed by atoms with Gasteiger partial charge in [0.1, 0.15) is 5.82 Å². The molecule has 0 amide bonds. The lowest BCUT2D eigenvalue weighted by Gasteiger charge is -2.27. The first-order chi connectivity index (χ1) is 12.7. The van der Waals surface area contributed by atoms with Crippen molar-refractivity contribution in [3.05, 3.63) is 70.5 Å². The number of anilines is 1. The Hall–Kier alpha value is -2.51. The van der Waals surface area contributed by atoms with Crippen LogP contribution in [0.2, 0.25) is 5.02 Å². The van der Waals surface area contributed by atoms with Gasteiger partial charge in [0.15, 0.2) is 0 Å². The highest BCUT2D eigenvalue weighted by Crippen LogP contribution is 2.20. The number of benzene rings is 1. The van der Waals surface area contributed by atoms with Crippen molar-refractivity contribution in [2.24, 2.45) is 0 Å². The maximum absolute atomic E-state index is 13.6. The van der Waals surface area contributed by atoms with Crippen molar-refractivity contribution in [2.45, 2.75) is 26.2 Å². The number of fused-ring (bicyclic) bond motifs is 1. The van der Waals surface area contributed by atoms with Gasteiger partial charge in [-0.25, -0.2) is 14.4 Å². The SMILES string of the molecule is Fc1cc(CN2CCn3nc(CNc4ncccn4)cc3C2)ccc1Cl. The number of nitrogens with zero attached hydrogens (tertiary/aromatic N) is 5. The molecule has 0 aliphatic carbocycles. The molecule has 0 bridgehead atoms. The number of hydrogen-bond acceptors (Lipinski definition) is 5. The minimum absolute atomic E-state index is 0.157. The molecule has 2 aromatic heterocycles. The summed E-state index contributed by atoms with van der Waals surface area (Å²) in [5.41, 5.74) is 3.02. The molecule has 4 rings (SSSR count). The zero-order chi connectivity index (χ0) is 17.9. The fourth-order valence-electron chi connectivity index (χ4n) is 3.06. The quantitative estimate of drug-likeness (QED) is 0.745. The van der Waals surface area contributed by atoms with Crippen molar-refractivity contribution in [3.63, 3.8) is 0 Å². The second kappa shape index (κ2) is 7.39. The Morgan fingerprint density at radius 3 is 2.81 bits per heavy atom. The Kier molecular flexibility index (Phi) is 4.81. The third kappa shape index (κ3) is 3.84. The van der Waals surface area contributed by atoms with Crippen LogP contribution < -0.4 is 5.32 Å². The minimum Gasteiger partial charge on any atom is -0.348 e. The average Bonchev–Trinajstić information content (AvgIpc) is 3.06. The van der Waals surface area contributed by atoms with Crippen molar-refractivity contribution in [1.29, 1.82) is 0 Å². The summed E-state index contributed by atoms with van der Waals surface area (Å²) in [5, 5.41) is 7.95. The van der Waals surface area contributed by atoms with Gasteiger partial charge in [-0.2, -0.15) is 5.10 Å². The molecule has 0 saturated heterocycles. The van der Waals surface area contributed by atoms with Crippen LogP contribution >= 0.6 is 11.6 Å². The topological polar surface area (TPSA) is 58.9 Å². The third-order valence-corrected chi connectivity index (χ3v) is 4.62. The Balaban J connectivity index is 1.39. The van der Waals surface area contributed by atoms with Crippen LogP contribution in [0, 0.1) is 5.82 Å².